The van der Waals surface area contributed by atoms with Gasteiger partial charge in [-0.25, -0.2) is 4.79 Å². The van der Waals surface area contributed by atoms with Gasteiger partial charge in [-0.2, -0.15) is 0 Å². The van der Waals surface area contributed by atoms with Crippen LogP contribution in [0.5, 0.6) is 0 Å². The molecule has 100 valence electrons. The van der Waals surface area contributed by atoms with Gasteiger partial charge in [0.05, 0.1) is 0 Å². The first-order valence-corrected chi connectivity index (χ1v) is 6.90. The SMILES string of the molecule is CC1(OC(=O)OC(Cl)C(Cl)(Cl)Cl)CCCCC1. The fraction of sp³-hybridized carbons (Fsp3) is 0.900. The van der Waals surface area contributed by atoms with Crippen LogP contribution in [0.4, 0.5) is 4.79 Å². The number of alkyl halides is 4. The fourth-order valence-corrected chi connectivity index (χ4v) is 1.98. The van der Waals surface area contributed by atoms with Crippen LogP contribution in [0.2, 0.25) is 0 Å². The van der Waals surface area contributed by atoms with E-state index in [0.29, 0.717) is 0 Å². The highest BCUT2D eigenvalue weighted by Gasteiger charge is 2.37. The number of rotatable bonds is 2. The van der Waals surface area contributed by atoms with Gasteiger partial charge in [0.2, 0.25) is 9.36 Å². The molecule has 0 aromatic rings. The second-order valence-electron chi connectivity index (χ2n) is 4.34. The molecule has 0 bridgehead atoms. The molecule has 0 heterocycles. The zero-order valence-electron chi connectivity index (χ0n) is 9.35. The maximum atomic E-state index is 11.5. The number of carbonyl (C=O) groups excluding carboxylic acids is 1. The van der Waals surface area contributed by atoms with Crippen molar-refractivity contribution < 1.29 is 14.3 Å². The van der Waals surface area contributed by atoms with Crippen molar-refractivity contribution in [2.75, 3.05) is 0 Å². The summed E-state index contributed by atoms with van der Waals surface area (Å²) >= 11 is 22.0. The fourth-order valence-electron chi connectivity index (χ4n) is 1.78. The predicted molar refractivity (Wildman–Crippen MR) is 69.0 cm³/mol. The molecule has 0 N–H and O–H groups in total. The molecule has 0 amide bonds. The molecule has 17 heavy (non-hydrogen) atoms. The molecule has 1 unspecified atom stereocenters. The zero-order valence-corrected chi connectivity index (χ0v) is 12.4. The molecule has 0 aliphatic heterocycles. The summed E-state index contributed by atoms with van der Waals surface area (Å²) in [5.41, 5.74) is -1.87. The van der Waals surface area contributed by atoms with Gasteiger partial charge in [-0.05, 0) is 32.6 Å². The lowest BCUT2D eigenvalue weighted by Gasteiger charge is -2.33. The van der Waals surface area contributed by atoms with E-state index in [4.69, 9.17) is 55.9 Å². The Hall–Kier alpha value is 0.430. The van der Waals surface area contributed by atoms with Crippen molar-refractivity contribution in [2.45, 2.75) is 54.0 Å². The maximum Gasteiger partial charge on any atom is 0.510 e. The molecular weight excluding hydrogens is 310 g/mol. The van der Waals surface area contributed by atoms with Crippen LogP contribution >= 0.6 is 46.4 Å². The number of hydrogen-bond donors (Lipinski definition) is 0. The Morgan fingerprint density at radius 1 is 1.24 bits per heavy atom. The number of hydrogen-bond acceptors (Lipinski definition) is 3. The summed E-state index contributed by atoms with van der Waals surface area (Å²) in [6.45, 7) is 1.87. The number of carbonyl (C=O) groups is 1. The Labute approximate surface area is 121 Å². The highest BCUT2D eigenvalue weighted by molar-refractivity contribution is 6.70. The van der Waals surface area contributed by atoms with Gasteiger partial charge in [0, 0.05) is 0 Å². The molecule has 1 fully saturated rings. The smallest absolute Gasteiger partial charge is 0.428 e. The molecule has 1 atom stereocenters. The molecular formula is C10H14Cl4O3. The van der Waals surface area contributed by atoms with Gasteiger partial charge < -0.3 is 9.47 Å². The van der Waals surface area contributed by atoms with E-state index in [-0.39, 0.29) is 0 Å². The van der Waals surface area contributed by atoms with Gasteiger partial charge >= 0.3 is 6.16 Å². The molecule has 0 spiro atoms. The number of ether oxygens (including phenoxy) is 2. The van der Waals surface area contributed by atoms with Crippen LogP contribution in [-0.2, 0) is 9.47 Å². The normalized spacial score (nSPS) is 21.7. The summed E-state index contributed by atoms with van der Waals surface area (Å²) in [7, 11) is 0. The Balaban J connectivity index is 2.43. The van der Waals surface area contributed by atoms with Crippen molar-refractivity contribution in [3.05, 3.63) is 0 Å². The molecule has 3 nitrogen and oxygen atoms in total. The van der Waals surface area contributed by atoms with Gasteiger partial charge in [-0.3, -0.25) is 0 Å². The lowest BCUT2D eigenvalue weighted by atomic mass is 9.86. The van der Waals surface area contributed by atoms with Gasteiger partial charge in [0.25, 0.3) is 0 Å². The maximum absolute atomic E-state index is 11.5. The Kier molecular flexibility index (Phi) is 5.51. The third kappa shape index (κ3) is 5.29. The third-order valence-electron chi connectivity index (χ3n) is 2.70. The lowest BCUT2D eigenvalue weighted by Crippen LogP contribution is -2.36. The van der Waals surface area contributed by atoms with Crippen LogP contribution in [0.15, 0.2) is 0 Å². The van der Waals surface area contributed by atoms with E-state index in [1.165, 1.54) is 0 Å². The minimum absolute atomic E-state index is 0.500. The first kappa shape index (κ1) is 15.5. The summed E-state index contributed by atoms with van der Waals surface area (Å²) in [6, 6.07) is 0. The van der Waals surface area contributed by atoms with Crippen LogP contribution < -0.4 is 0 Å². The first-order valence-electron chi connectivity index (χ1n) is 5.33. The molecule has 1 aliphatic rings. The molecule has 1 rings (SSSR count). The van der Waals surface area contributed by atoms with Crippen LogP contribution in [-0.4, -0.2) is 21.1 Å². The Bertz CT molecular complexity index is 271. The summed E-state index contributed by atoms with van der Waals surface area (Å²) < 4.78 is 8.05. The van der Waals surface area contributed by atoms with E-state index in [2.05, 4.69) is 0 Å². The van der Waals surface area contributed by atoms with E-state index >= 15 is 0 Å². The Morgan fingerprint density at radius 2 is 1.76 bits per heavy atom. The minimum atomic E-state index is -1.87. The van der Waals surface area contributed by atoms with E-state index in [9.17, 15) is 4.79 Å². The van der Waals surface area contributed by atoms with E-state index in [1.807, 2.05) is 6.92 Å². The predicted octanol–water partition coefficient (Wildman–Crippen LogP) is 4.80. The van der Waals surface area contributed by atoms with E-state index < -0.39 is 21.1 Å². The second kappa shape index (κ2) is 6.05. The number of halogens is 4. The van der Waals surface area contributed by atoms with E-state index in [1.54, 1.807) is 0 Å². The average molecular weight is 324 g/mol. The van der Waals surface area contributed by atoms with Crippen LogP contribution in [0.1, 0.15) is 39.0 Å². The van der Waals surface area contributed by atoms with Gasteiger partial charge in [0.15, 0.2) is 0 Å². The zero-order chi connectivity index (χ0) is 13.1. The summed E-state index contributed by atoms with van der Waals surface area (Å²) in [5, 5.41) is 0. The molecule has 0 aromatic carbocycles. The summed E-state index contributed by atoms with van der Waals surface area (Å²) in [6.07, 6.45) is 3.92. The highest BCUT2D eigenvalue weighted by atomic mass is 35.6. The van der Waals surface area contributed by atoms with Crippen molar-refractivity contribution in [3.63, 3.8) is 0 Å². The summed E-state index contributed by atoms with van der Waals surface area (Å²) in [5.74, 6) is 0. The van der Waals surface area contributed by atoms with Crippen molar-refractivity contribution in [2.24, 2.45) is 0 Å². The summed E-state index contributed by atoms with van der Waals surface area (Å²) in [4.78, 5) is 11.5. The van der Waals surface area contributed by atoms with Crippen molar-refractivity contribution >= 4 is 52.6 Å². The monoisotopic (exact) mass is 322 g/mol. The highest BCUT2D eigenvalue weighted by Crippen LogP contribution is 2.36. The van der Waals surface area contributed by atoms with Crippen LogP contribution in [0.3, 0.4) is 0 Å². The molecule has 1 saturated carbocycles. The van der Waals surface area contributed by atoms with Crippen molar-refractivity contribution in [3.8, 4) is 0 Å². The van der Waals surface area contributed by atoms with Crippen molar-refractivity contribution in [1.29, 1.82) is 0 Å². The lowest BCUT2D eigenvalue weighted by molar-refractivity contribution is -0.0477. The average Bonchev–Trinajstić information content (AvgIpc) is 2.15. The first-order chi connectivity index (χ1) is 7.73. The topological polar surface area (TPSA) is 35.5 Å². The van der Waals surface area contributed by atoms with Crippen molar-refractivity contribution in [1.82, 2.24) is 0 Å². The Morgan fingerprint density at radius 3 is 2.24 bits per heavy atom. The molecule has 0 saturated heterocycles. The minimum Gasteiger partial charge on any atom is -0.428 e. The van der Waals surface area contributed by atoms with Gasteiger partial charge in [-0.15, -0.1) is 0 Å². The van der Waals surface area contributed by atoms with Gasteiger partial charge in [0.1, 0.15) is 5.60 Å². The largest absolute Gasteiger partial charge is 0.510 e. The van der Waals surface area contributed by atoms with Crippen LogP contribution in [0, 0.1) is 0 Å². The standard InChI is InChI=1S/C10H14Cl4O3/c1-9(5-3-2-4-6-9)17-8(15)16-7(11)10(12,13)14/h7H,2-6H2,1H3. The quantitative estimate of drug-likeness (QED) is 0.541. The molecule has 0 radical (unpaired) electrons. The second-order valence-corrected chi connectivity index (χ2v) is 7.10. The third-order valence-corrected chi connectivity index (χ3v) is 4.04. The molecule has 1 aliphatic carbocycles. The van der Waals surface area contributed by atoms with Crippen LogP contribution in [0.25, 0.3) is 0 Å². The molecule has 7 heteroatoms. The molecule has 0 aromatic heterocycles. The van der Waals surface area contributed by atoms with E-state index in [0.717, 1.165) is 32.1 Å². The van der Waals surface area contributed by atoms with Gasteiger partial charge in [-0.1, -0.05) is 52.8 Å².